The molecule has 9 heteroatoms. The first-order valence-corrected chi connectivity index (χ1v) is 11.8. The molecule has 182 valence electrons. The first-order chi connectivity index (χ1) is 15.8. The van der Waals surface area contributed by atoms with E-state index in [1.165, 1.54) is 30.8 Å². The molecule has 3 heterocycles. The minimum atomic E-state index is -4.16. The second-order valence-corrected chi connectivity index (χ2v) is 9.09. The van der Waals surface area contributed by atoms with Crippen molar-refractivity contribution >= 4 is 10.9 Å². The van der Waals surface area contributed by atoms with E-state index in [0.717, 1.165) is 29.6 Å². The quantitative estimate of drug-likeness (QED) is 0.532. The Bertz CT molecular complexity index is 939. The van der Waals surface area contributed by atoms with Crippen LogP contribution in [0.15, 0.2) is 12.1 Å². The van der Waals surface area contributed by atoms with E-state index in [4.69, 9.17) is 14.5 Å². The first kappa shape index (κ1) is 24.0. The molecule has 0 radical (unpaired) electrons. The fourth-order valence-corrected chi connectivity index (χ4v) is 4.96. The molecule has 2 aromatic rings. The Morgan fingerprint density at radius 2 is 1.73 bits per heavy atom. The van der Waals surface area contributed by atoms with Crippen molar-refractivity contribution in [2.75, 3.05) is 53.0 Å². The number of nitrogens with zero attached hydrogens (tertiary/aromatic N) is 4. The molecule has 1 aromatic carbocycles. The van der Waals surface area contributed by atoms with E-state index in [1.807, 2.05) is 19.1 Å². The van der Waals surface area contributed by atoms with Gasteiger partial charge in [0.2, 0.25) is 0 Å². The van der Waals surface area contributed by atoms with Crippen molar-refractivity contribution in [2.45, 2.75) is 51.1 Å². The highest BCUT2D eigenvalue weighted by Gasteiger charge is 2.33. The number of alkyl halides is 3. The van der Waals surface area contributed by atoms with E-state index in [9.17, 15) is 13.2 Å². The van der Waals surface area contributed by atoms with Crippen LogP contribution in [0.5, 0.6) is 11.5 Å². The maximum atomic E-state index is 12.7. The van der Waals surface area contributed by atoms with Crippen molar-refractivity contribution < 1.29 is 22.6 Å². The van der Waals surface area contributed by atoms with Crippen LogP contribution in [0.25, 0.3) is 10.9 Å². The van der Waals surface area contributed by atoms with Gasteiger partial charge in [0.1, 0.15) is 5.82 Å². The number of benzene rings is 1. The van der Waals surface area contributed by atoms with Gasteiger partial charge in [-0.05, 0) is 71.3 Å². The zero-order valence-corrected chi connectivity index (χ0v) is 19.5. The molecule has 2 saturated heterocycles. The second-order valence-electron chi connectivity index (χ2n) is 9.09. The van der Waals surface area contributed by atoms with Gasteiger partial charge in [-0.1, -0.05) is 0 Å². The predicted molar refractivity (Wildman–Crippen MR) is 121 cm³/mol. The van der Waals surface area contributed by atoms with E-state index in [2.05, 4.69) is 9.88 Å². The summed E-state index contributed by atoms with van der Waals surface area (Å²) in [5.74, 6) is 2.04. The van der Waals surface area contributed by atoms with E-state index < -0.39 is 12.7 Å². The van der Waals surface area contributed by atoms with Crippen molar-refractivity contribution in [1.82, 2.24) is 19.8 Å². The summed E-state index contributed by atoms with van der Waals surface area (Å²) in [6.07, 6.45) is 0.622. The summed E-state index contributed by atoms with van der Waals surface area (Å²) < 4.78 is 49.9. The normalized spacial score (nSPS) is 18.8. The van der Waals surface area contributed by atoms with Crippen LogP contribution in [-0.4, -0.2) is 78.9 Å². The van der Waals surface area contributed by atoms with E-state index in [-0.39, 0.29) is 5.92 Å². The van der Waals surface area contributed by atoms with Crippen LogP contribution in [-0.2, 0) is 0 Å². The fourth-order valence-electron chi connectivity index (χ4n) is 4.96. The molecule has 33 heavy (non-hydrogen) atoms. The molecule has 1 aromatic heterocycles. The molecule has 0 unspecified atom stereocenters. The van der Waals surface area contributed by atoms with Crippen LogP contribution in [0.3, 0.4) is 0 Å². The SMILES string of the molecule is COc1cc2c(C3CCN(CC(F)(F)F)CC3)nc(C)nc2cc1OCCCN1CCCC1. The van der Waals surface area contributed by atoms with Crippen LogP contribution in [0.4, 0.5) is 13.2 Å². The number of hydrogen-bond acceptors (Lipinski definition) is 6. The van der Waals surface area contributed by atoms with Crippen molar-refractivity contribution in [3.8, 4) is 11.5 Å². The molecule has 2 fully saturated rings. The third-order valence-corrected chi connectivity index (χ3v) is 6.57. The van der Waals surface area contributed by atoms with Crippen molar-refractivity contribution in [3.05, 3.63) is 23.7 Å². The van der Waals surface area contributed by atoms with Crippen molar-refractivity contribution in [3.63, 3.8) is 0 Å². The van der Waals surface area contributed by atoms with E-state index in [0.29, 0.717) is 49.9 Å². The Balaban J connectivity index is 1.48. The first-order valence-electron chi connectivity index (χ1n) is 11.8. The number of ether oxygens (including phenoxy) is 2. The van der Waals surface area contributed by atoms with Gasteiger partial charge in [0.05, 0.1) is 31.5 Å². The topological polar surface area (TPSA) is 50.7 Å². The molecular weight excluding hydrogens is 433 g/mol. The number of piperidine rings is 1. The molecule has 2 aliphatic heterocycles. The molecule has 0 aliphatic carbocycles. The Labute approximate surface area is 193 Å². The Hall–Kier alpha value is -2.13. The Morgan fingerprint density at radius 1 is 1.00 bits per heavy atom. The Kier molecular flexibility index (Phi) is 7.58. The van der Waals surface area contributed by atoms with Gasteiger partial charge in [0.15, 0.2) is 11.5 Å². The summed E-state index contributed by atoms with van der Waals surface area (Å²) in [7, 11) is 1.61. The van der Waals surface area contributed by atoms with Crippen LogP contribution < -0.4 is 9.47 Å². The van der Waals surface area contributed by atoms with Gasteiger partial charge >= 0.3 is 6.18 Å². The molecule has 4 rings (SSSR count). The minimum absolute atomic E-state index is 0.0932. The lowest BCUT2D eigenvalue weighted by Crippen LogP contribution is -2.39. The highest BCUT2D eigenvalue weighted by Crippen LogP contribution is 2.37. The molecule has 0 saturated carbocycles. The average molecular weight is 467 g/mol. The molecular formula is C24H33F3N4O2. The van der Waals surface area contributed by atoms with Crippen LogP contribution >= 0.6 is 0 Å². The largest absolute Gasteiger partial charge is 0.493 e. The summed E-state index contributed by atoms with van der Waals surface area (Å²) in [6, 6.07) is 3.82. The molecule has 0 amide bonds. The summed E-state index contributed by atoms with van der Waals surface area (Å²) in [5.41, 5.74) is 1.67. The van der Waals surface area contributed by atoms with Gasteiger partial charge in [0.25, 0.3) is 0 Å². The number of fused-ring (bicyclic) bond motifs is 1. The summed E-state index contributed by atoms with van der Waals surface area (Å²) in [4.78, 5) is 13.2. The van der Waals surface area contributed by atoms with Gasteiger partial charge in [0, 0.05) is 23.9 Å². The maximum Gasteiger partial charge on any atom is 0.401 e. The third-order valence-electron chi connectivity index (χ3n) is 6.57. The molecule has 2 aliphatic rings. The molecule has 0 atom stereocenters. The lowest BCUT2D eigenvalue weighted by atomic mass is 9.90. The lowest BCUT2D eigenvalue weighted by Gasteiger charge is -2.32. The smallest absolute Gasteiger partial charge is 0.401 e. The molecule has 0 N–H and O–H groups in total. The van der Waals surface area contributed by atoms with Crippen LogP contribution in [0.2, 0.25) is 0 Å². The number of aryl methyl sites for hydroxylation is 1. The monoisotopic (exact) mass is 466 g/mol. The van der Waals surface area contributed by atoms with Gasteiger partial charge < -0.3 is 14.4 Å². The molecule has 0 spiro atoms. The zero-order chi connectivity index (χ0) is 23.4. The summed E-state index contributed by atoms with van der Waals surface area (Å²) in [6.45, 7) is 5.80. The highest BCUT2D eigenvalue weighted by molar-refractivity contribution is 5.85. The number of rotatable bonds is 8. The van der Waals surface area contributed by atoms with E-state index in [1.54, 1.807) is 7.11 Å². The van der Waals surface area contributed by atoms with Gasteiger partial charge in [-0.15, -0.1) is 0 Å². The minimum Gasteiger partial charge on any atom is -0.493 e. The average Bonchev–Trinajstić information content (AvgIpc) is 3.28. The van der Waals surface area contributed by atoms with E-state index >= 15 is 0 Å². The van der Waals surface area contributed by atoms with Crippen LogP contribution in [0, 0.1) is 6.92 Å². The number of halogens is 3. The number of hydrogen-bond donors (Lipinski definition) is 0. The van der Waals surface area contributed by atoms with Crippen molar-refractivity contribution in [1.29, 1.82) is 0 Å². The third kappa shape index (κ3) is 6.26. The zero-order valence-electron chi connectivity index (χ0n) is 19.5. The number of aromatic nitrogens is 2. The Morgan fingerprint density at radius 3 is 2.39 bits per heavy atom. The number of likely N-dealkylation sites (tertiary alicyclic amines) is 2. The summed E-state index contributed by atoms with van der Waals surface area (Å²) in [5, 5.41) is 0.885. The lowest BCUT2D eigenvalue weighted by molar-refractivity contribution is -0.147. The molecule has 6 nitrogen and oxygen atoms in total. The highest BCUT2D eigenvalue weighted by atomic mass is 19.4. The predicted octanol–water partition coefficient (Wildman–Crippen LogP) is 4.55. The number of methoxy groups -OCH3 is 1. The van der Waals surface area contributed by atoms with Crippen molar-refractivity contribution in [2.24, 2.45) is 0 Å². The van der Waals surface area contributed by atoms with Crippen LogP contribution in [0.1, 0.15) is 49.5 Å². The van der Waals surface area contributed by atoms with Gasteiger partial charge in [-0.25, -0.2) is 9.97 Å². The standard InChI is InChI=1S/C24H33F3N4O2/c1-17-28-20-15-22(33-13-5-10-30-8-3-4-9-30)21(32-2)14-19(20)23(29-17)18-6-11-31(12-7-18)16-24(25,26)27/h14-15,18H,3-13,16H2,1-2H3. The fraction of sp³-hybridized carbons (Fsp3) is 0.667. The second kappa shape index (κ2) is 10.4. The maximum absolute atomic E-state index is 12.7. The van der Waals surface area contributed by atoms with Gasteiger partial charge in [-0.3, -0.25) is 4.90 Å². The summed E-state index contributed by atoms with van der Waals surface area (Å²) >= 11 is 0. The van der Waals surface area contributed by atoms with Gasteiger partial charge in [-0.2, -0.15) is 13.2 Å². The molecule has 0 bridgehead atoms.